The lowest BCUT2D eigenvalue weighted by Gasteiger charge is -2.22. The van der Waals surface area contributed by atoms with Crippen LogP contribution in [0.5, 0.6) is 11.7 Å². The lowest BCUT2D eigenvalue weighted by Crippen LogP contribution is -2.35. The van der Waals surface area contributed by atoms with Crippen LogP contribution < -0.4 is 19.8 Å². The van der Waals surface area contributed by atoms with E-state index in [2.05, 4.69) is 22.7 Å². The van der Waals surface area contributed by atoms with Gasteiger partial charge in [-0.1, -0.05) is 30.3 Å². The van der Waals surface area contributed by atoms with Crippen molar-refractivity contribution >= 4 is 40.0 Å². The molecule has 0 saturated carbocycles. The third kappa shape index (κ3) is 5.25. The topological polar surface area (TPSA) is 118 Å². The average Bonchev–Trinajstić information content (AvgIpc) is 3.50. The van der Waals surface area contributed by atoms with E-state index < -0.39 is 11.9 Å². The molecule has 1 atom stereocenters. The number of esters is 1. The Balaban J connectivity index is 1.32. The fourth-order valence-electron chi connectivity index (χ4n) is 4.55. The molecule has 1 unspecified atom stereocenters. The van der Waals surface area contributed by atoms with Gasteiger partial charge in [-0.15, -0.1) is 11.3 Å². The second-order valence-electron chi connectivity index (χ2n) is 8.66. The van der Waals surface area contributed by atoms with Gasteiger partial charge < -0.3 is 24.4 Å². The van der Waals surface area contributed by atoms with Gasteiger partial charge in [-0.2, -0.15) is 0 Å². The highest BCUT2D eigenvalue weighted by molar-refractivity contribution is 7.99. The van der Waals surface area contributed by atoms with Crippen LogP contribution >= 0.6 is 23.1 Å². The van der Waals surface area contributed by atoms with Crippen molar-refractivity contribution in [2.45, 2.75) is 30.2 Å². The minimum absolute atomic E-state index is 0.0809. The summed E-state index contributed by atoms with van der Waals surface area (Å²) in [6.07, 6.45) is 2.43. The molecule has 2 aromatic heterocycles. The van der Waals surface area contributed by atoms with E-state index in [1.165, 1.54) is 28.7 Å². The summed E-state index contributed by atoms with van der Waals surface area (Å²) in [5, 5.41) is 19.6. The van der Waals surface area contributed by atoms with Gasteiger partial charge in [-0.25, -0.2) is 4.79 Å². The Bertz CT molecular complexity index is 1450. The van der Waals surface area contributed by atoms with E-state index >= 15 is 0 Å². The molecule has 5 rings (SSSR count). The van der Waals surface area contributed by atoms with Crippen LogP contribution in [-0.4, -0.2) is 37.1 Å². The number of amides is 1. The van der Waals surface area contributed by atoms with Crippen molar-refractivity contribution in [3.8, 4) is 17.4 Å². The first-order valence-electron chi connectivity index (χ1n) is 11.9. The van der Waals surface area contributed by atoms with Crippen LogP contribution in [0.4, 0.5) is 5.00 Å². The zero-order valence-corrected chi connectivity index (χ0v) is 22.4. The highest BCUT2D eigenvalue weighted by Gasteiger charge is 2.31. The number of nitrogens with one attached hydrogen (secondary N) is 1. The third-order valence-electron chi connectivity index (χ3n) is 6.41. The average molecular weight is 552 g/mol. The Morgan fingerprint density at radius 2 is 1.95 bits per heavy atom. The molecule has 1 amide bonds. The maximum absolute atomic E-state index is 13.0. The molecule has 0 bridgehead atoms. The van der Waals surface area contributed by atoms with Gasteiger partial charge in [0.25, 0.3) is 5.03 Å². The summed E-state index contributed by atoms with van der Waals surface area (Å²) in [5.74, 6) is -0.551. The summed E-state index contributed by atoms with van der Waals surface area (Å²) >= 11 is 2.42. The smallest absolute Gasteiger partial charge is 0.341 e. The molecular formula is C27H25N3O6S2. The summed E-state index contributed by atoms with van der Waals surface area (Å²) in [7, 11) is 2.90. The number of thiophene rings is 1. The zero-order chi connectivity index (χ0) is 26.6. The van der Waals surface area contributed by atoms with Gasteiger partial charge in [-0.05, 0) is 64.9 Å². The first-order chi connectivity index (χ1) is 18.5. The highest BCUT2D eigenvalue weighted by Crippen LogP contribution is 2.43. The summed E-state index contributed by atoms with van der Waals surface area (Å²) in [6, 6.07) is 17.2. The molecule has 0 fully saturated rings. The number of thioether (sulfide) groups is 1. The Kier molecular flexibility index (Phi) is 7.66. The maximum atomic E-state index is 13.0. The van der Waals surface area contributed by atoms with E-state index in [1.54, 1.807) is 31.4 Å². The number of fused-ring (bicyclic) bond motifs is 1. The van der Waals surface area contributed by atoms with Gasteiger partial charge in [0.05, 0.1) is 30.8 Å². The number of methoxy groups -OCH3 is 2. The number of aromatic nitrogens is 2. The molecule has 0 spiro atoms. The number of carbonyl (C=O) groups excluding carboxylic acids is 2. The van der Waals surface area contributed by atoms with Crippen molar-refractivity contribution in [3.05, 3.63) is 76.2 Å². The minimum atomic E-state index is -0.646. The summed E-state index contributed by atoms with van der Waals surface area (Å²) < 4.78 is 16.4. The molecule has 0 radical (unpaired) electrons. The highest BCUT2D eigenvalue weighted by atomic mass is 32.2. The first kappa shape index (κ1) is 25.8. The Morgan fingerprint density at radius 1 is 1.18 bits per heavy atom. The van der Waals surface area contributed by atoms with Crippen molar-refractivity contribution < 1.29 is 33.4 Å². The van der Waals surface area contributed by atoms with Crippen molar-refractivity contribution in [1.82, 2.24) is 5.27 Å². The van der Waals surface area contributed by atoms with Gasteiger partial charge in [0.15, 0.2) is 5.95 Å². The molecule has 2 heterocycles. The van der Waals surface area contributed by atoms with Gasteiger partial charge >= 0.3 is 5.97 Å². The minimum Gasteiger partial charge on any atom is -0.538 e. The van der Waals surface area contributed by atoms with E-state index in [1.807, 2.05) is 18.2 Å². The molecule has 0 aliphatic heterocycles. The van der Waals surface area contributed by atoms with Crippen LogP contribution in [0.1, 0.15) is 38.7 Å². The molecule has 1 aliphatic rings. The number of carbonyl (C=O) groups is 2. The molecule has 2 aromatic carbocycles. The fraction of sp³-hybridized carbons (Fsp3) is 0.259. The largest absolute Gasteiger partial charge is 0.538 e. The van der Waals surface area contributed by atoms with Crippen LogP contribution in [0.2, 0.25) is 0 Å². The van der Waals surface area contributed by atoms with Gasteiger partial charge in [0.1, 0.15) is 10.8 Å². The quantitative estimate of drug-likeness (QED) is 0.199. The molecule has 11 heteroatoms. The van der Waals surface area contributed by atoms with Gasteiger partial charge in [0.2, 0.25) is 11.6 Å². The van der Waals surface area contributed by atoms with Crippen molar-refractivity contribution in [2.75, 3.05) is 25.3 Å². The lowest BCUT2D eigenvalue weighted by molar-refractivity contribution is -0.705. The number of anilines is 1. The van der Waals surface area contributed by atoms with E-state index in [-0.39, 0.29) is 16.7 Å². The van der Waals surface area contributed by atoms with E-state index in [0.29, 0.717) is 27.9 Å². The summed E-state index contributed by atoms with van der Waals surface area (Å²) in [4.78, 5) is 26.7. The predicted molar refractivity (Wildman–Crippen MR) is 140 cm³/mol. The zero-order valence-electron chi connectivity index (χ0n) is 20.8. The molecular weight excluding hydrogens is 526 g/mol. The molecule has 1 N–H and O–H groups in total. The molecule has 38 heavy (non-hydrogen) atoms. The number of benzene rings is 2. The molecule has 4 aromatic rings. The maximum Gasteiger partial charge on any atom is 0.341 e. The van der Waals surface area contributed by atoms with E-state index in [0.717, 1.165) is 41.5 Å². The van der Waals surface area contributed by atoms with Crippen molar-refractivity contribution in [2.24, 2.45) is 0 Å². The Labute approximate surface area is 227 Å². The standard InChI is InChI=1S/C27H25N3O6S2/c1-34-19-11-9-18(10-12-19)30-25(27(33)36-29-30)37-15-22(31)28-24-23(26(32)35-2)20-13-8-17(14-21(20)38-24)16-6-4-3-5-7-16/h3-7,9-12,17H,8,13-15H2,1-2H3,(H-,28,29,31,32,33). The van der Waals surface area contributed by atoms with Crippen LogP contribution in [0.15, 0.2) is 64.1 Å². The first-order valence-corrected chi connectivity index (χ1v) is 13.7. The molecule has 1 aliphatic carbocycles. The predicted octanol–water partition coefficient (Wildman–Crippen LogP) is 3.88. The molecule has 196 valence electrons. The number of ether oxygens (including phenoxy) is 2. The number of hydrogen-bond donors (Lipinski definition) is 1. The Hall–Kier alpha value is -3.83. The van der Waals surface area contributed by atoms with Gasteiger partial charge in [-0.3, -0.25) is 4.79 Å². The van der Waals surface area contributed by atoms with Crippen LogP contribution in [0.3, 0.4) is 0 Å². The lowest BCUT2D eigenvalue weighted by atomic mass is 9.83. The second-order valence-corrected chi connectivity index (χ2v) is 10.7. The van der Waals surface area contributed by atoms with Crippen LogP contribution in [0, 0.1) is 0 Å². The third-order valence-corrected chi connectivity index (χ3v) is 8.60. The van der Waals surface area contributed by atoms with Crippen molar-refractivity contribution in [1.29, 1.82) is 0 Å². The number of nitrogens with zero attached hydrogens (tertiary/aromatic N) is 2. The molecule has 9 nitrogen and oxygen atoms in total. The van der Waals surface area contributed by atoms with Crippen LogP contribution in [-0.2, 0) is 22.4 Å². The SMILES string of the molecule is COC(=O)c1c(NC(=O)CSc2c([O-])on[n+]2-c2ccc(OC)cc2)sc2c1CCC(c1ccccc1)C2. The van der Waals surface area contributed by atoms with Gasteiger partial charge in [0, 0.05) is 17.0 Å². The fourth-order valence-corrected chi connectivity index (χ4v) is 6.63. The van der Waals surface area contributed by atoms with E-state index in [9.17, 15) is 14.7 Å². The summed E-state index contributed by atoms with van der Waals surface area (Å²) in [6.45, 7) is 0. The normalized spacial score (nSPS) is 14.5. The number of hydrogen-bond acceptors (Lipinski definition) is 9. The Morgan fingerprint density at radius 3 is 2.66 bits per heavy atom. The monoisotopic (exact) mass is 551 g/mol. The van der Waals surface area contributed by atoms with E-state index in [4.69, 9.17) is 14.0 Å². The molecule has 0 saturated heterocycles. The number of rotatable bonds is 8. The van der Waals surface area contributed by atoms with Crippen LogP contribution in [0.25, 0.3) is 5.69 Å². The second kappa shape index (κ2) is 11.3. The van der Waals surface area contributed by atoms with Crippen molar-refractivity contribution in [3.63, 3.8) is 0 Å². The summed E-state index contributed by atoms with van der Waals surface area (Å²) in [5.41, 5.74) is 3.21.